The van der Waals surface area contributed by atoms with Gasteiger partial charge in [-0.1, -0.05) is 43.3 Å². The molecule has 0 bridgehead atoms. The first-order chi connectivity index (χ1) is 13.5. The van der Waals surface area contributed by atoms with E-state index in [-0.39, 0.29) is 29.6 Å². The van der Waals surface area contributed by atoms with E-state index in [4.69, 9.17) is 24.4 Å². The number of hydrogen-bond donors (Lipinski definition) is 5. The topological polar surface area (TPSA) is 169 Å². The fourth-order valence-electron chi connectivity index (χ4n) is 1.67. The molecule has 2 rings (SSSR count). The van der Waals surface area contributed by atoms with E-state index >= 15 is 0 Å². The van der Waals surface area contributed by atoms with Gasteiger partial charge in [0.25, 0.3) is 20.2 Å². The smallest absolute Gasteiger partial charge is 0.294 e. The van der Waals surface area contributed by atoms with Crippen LogP contribution in [0.25, 0.3) is 0 Å². The van der Waals surface area contributed by atoms with Crippen molar-refractivity contribution in [1.29, 1.82) is 0 Å². The Labute approximate surface area is 170 Å². The van der Waals surface area contributed by atoms with Gasteiger partial charge in [0.1, 0.15) is 0 Å². The molecule has 0 heterocycles. The Morgan fingerprint density at radius 3 is 1.03 bits per heavy atom. The molecule has 164 valence electrons. The number of rotatable bonds is 6. The van der Waals surface area contributed by atoms with E-state index in [1.54, 1.807) is 36.4 Å². The summed E-state index contributed by atoms with van der Waals surface area (Å²) in [5.74, 6) is 0. The number of aliphatic hydroxyl groups excluding tert-OH is 3. The highest BCUT2D eigenvalue weighted by Gasteiger charge is 2.24. The molecule has 0 unspecified atom stereocenters. The van der Waals surface area contributed by atoms with Crippen LogP contribution in [0.3, 0.4) is 0 Å². The molecule has 2 aromatic rings. The Bertz CT molecular complexity index is 808. The molecule has 0 saturated carbocycles. The van der Waals surface area contributed by atoms with Crippen molar-refractivity contribution < 1.29 is 41.3 Å². The highest BCUT2D eigenvalue weighted by atomic mass is 32.2. The lowest BCUT2D eigenvalue weighted by Crippen LogP contribution is -2.32. The van der Waals surface area contributed by atoms with Gasteiger partial charge >= 0.3 is 0 Å². The zero-order valence-corrected chi connectivity index (χ0v) is 17.4. The lowest BCUT2D eigenvalue weighted by atomic mass is 9.88. The SMILES string of the molecule is CCC(CO)(CO)CO.O=S(=O)(O)c1ccccc1.O=S(=O)(O)c1ccccc1. The third-order valence-corrected chi connectivity index (χ3v) is 5.57. The largest absolute Gasteiger partial charge is 0.396 e. The standard InChI is InChI=1S/2C6H6O3S.C6H14O3/c2*7-10(8,9)6-4-2-1-3-5-6;1-2-6(3-7,4-8)5-9/h2*1-5H,(H,7,8,9);7-9H,2-5H2,1H3. The highest BCUT2D eigenvalue weighted by Crippen LogP contribution is 2.18. The maximum atomic E-state index is 10.4. The second kappa shape index (κ2) is 12.6. The molecule has 0 aromatic heterocycles. The lowest BCUT2D eigenvalue weighted by Gasteiger charge is -2.24. The first kappa shape index (κ1) is 27.1. The van der Waals surface area contributed by atoms with Crippen molar-refractivity contribution in [2.24, 2.45) is 5.41 Å². The third-order valence-electron chi connectivity index (χ3n) is 3.84. The van der Waals surface area contributed by atoms with Crippen molar-refractivity contribution in [3.05, 3.63) is 60.7 Å². The monoisotopic (exact) mass is 450 g/mol. The molecule has 11 heteroatoms. The van der Waals surface area contributed by atoms with Crippen LogP contribution in [-0.2, 0) is 20.2 Å². The van der Waals surface area contributed by atoms with Crippen LogP contribution in [0.1, 0.15) is 13.3 Å². The Hall–Kier alpha value is -1.86. The fraction of sp³-hybridized carbons (Fsp3) is 0.333. The van der Waals surface area contributed by atoms with Crippen LogP contribution >= 0.6 is 0 Å². The van der Waals surface area contributed by atoms with E-state index in [1.807, 2.05) is 6.92 Å². The number of benzene rings is 2. The quantitative estimate of drug-likeness (QED) is 0.406. The summed E-state index contributed by atoms with van der Waals surface area (Å²) in [6, 6.07) is 14.8. The summed E-state index contributed by atoms with van der Waals surface area (Å²) < 4.78 is 58.5. The number of hydrogen-bond acceptors (Lipinski definition) is 7. The van der Waals surface area contributed by atoms with E-state index in [2.05, 4.69) is 0 Å². The van der Waals surface area contributed by atoms with Gasteiger partial charge in [0, 0.05) is 5.41 Å². The van der Waals surface area contributed by atoms with Crippen molar-refractivity contribution in [3.63, 3.8) is 0 Å². The summed E-state index contributed by atoms with van der Waals surface area (Å²) >= 11 is 0. The van der Waals surface area contributed by atoms with Gasteiger partial charge in [0.2, 0.25) is 0 Å². The van der Waals surface area contributed by atoms with Crippen LogP contribution in [-0.4, -0.2) is 61.1 Å². The molecule has 2 aromatic carbocycles. The Morgan fingerprint density at radius 1 is 0.655 bits per heavy atom. The van der Waals surface area contributed by atoms with E-state index < -0.39 is 25.7 Å². The average Bonchev–Trinajstić information content (AvgIpc) is 2.71. The van der Waals surface area contributed by atoms with E-state index in [9.17, 15) is 16.8 Å². The Balaban J connectivity index is 0.000000407. The summed E-state index contributed by atoms with van der Waals surface area (Å²) in [5, 5.41) is 26.0. The van der Waals surface area contributed by atoms with Crippen LogP contribution in [0.5, 0.6) is 0 Å². The van der Waals surface area contributed by atoms with Crippen molar-refractivity contribution in [1.82, 2.24) is 0 Å². The van der Waals surface area contributed by atoms with Gasteiger partial charge in [-0.3, -0.25) is 9.11 Å². The predicted octanol–water partition coefficient (Wildman–Crippen LogP) is 1.23. The number of aliphatic hydroxyl groups is 3. The molecule has 0 saturated heterocycles. The Kier molecular flexibility index (Phi) is 11.8. The molecule has 0 fully saturated rings. The predicted molar refractivity (Wildman–Crippen MR) is 106 cm³/mol. The van der Waals surface area contributed by atoms with Crippen LogP contribution < -0.4 is 0 Å². The van der Waals surface area contributed by atoms with Gasteiger partial charge in [-0.25, -0.2) is 0 Å². The molecule has 0 spiro atoms. The minimum Gasteiger partial charge on any atom is -0.396 e. The van der Waals surface area contributed by atoms with Gasteiger partial charge in [-0.15, -0.1) is 0 Å². The van der Waals surface area contributed by atoms with Gasteiger partial charge in [-0.05, 0) is 30.7 Å². The fourth-order valence-corrected chi connectivity index (χ4v) is 2.67. The molecule has 0 atom stereocenters. The van der Waals surface area contributed by atoms with Gasteiger partial charge in [0.05, 0.1) is 29.6 Å². The minimum atomic E-state index is -4.00. The minimum absolute atomic E-state index is 0.0741. The second-order valence-corrected chi connectivity index (χ2v) is 8.75. The molecule has 0 aliphatic rings. The summed E-state index contributed by atoms with van der Waals surface area (Å²) in [5.41, 5.74) is -0.667. The van der Waals surface area contributed by atoms with Crippen LogP contribution in [0, 0.1) is 5.41 Å². The van der Waals surface area contributed by atoms with Crippen LogP contribution in [0.2, 0.25) is 0 Å². The summed E-state index contributed by atoms with van der Waals surface area (Å²) in [6.07, 6.45) is 0.594. The third kappa shape index (κ3) is 10.5. The van der Waals surface area contributed by atoms with Crippen molar-refractivity contribution in [3.8, 4) is 0 Å². The second-order valence-electron chi connectivity index (χ2n) is 5.90. The molecule has 0 aliphatic carbocycles. The normalized spacial score (nSPS) is 11.5. The van der Waals surface area contributed by atoms with E-state index in [1.165, 1.54) is 24.3 Å². The molecule has 29 heavy (non-hydrogen) atoms. The molecule has 9 nitrogen and oxygen atoms in total. The molecule has 0 radical (unpaired) electrons. The zero-order valence-electron chi connectivity index (χ0n) is 15.8. The average molecular weight is 451 g/mol. The first-order valence-corrected chi connectivity index (χ1v) is 11.2. The highest BCUT2D eigenvalue weighted by molar-refractivity contribution is 7.86. The maximum Gasteiger partial charge on any atom is 0.294 e. The molecular weight excluding hydrogens is 424 g/mol. The van der Waals surface area contributed by atoms with E-state index in [0.29, 0.717) is 6.42 Å². The molecular formula is C18H26O9S2. The van der Waals surface area contributed by atoms with Gasteiger partial charge in [-0.2, -0.15) is 16.8 Å². The van der Waals surface area contributed by atoms with Crippen molar-refractivity contribution >= 4 is 20.2 Å². The summed E-state index contributed by atoms with van der Waals surface area (Å²) in [7, 11) is -8.01. The molecule has 5 N–H and O–H groups in total. The summed E-state index contributed by atoms with van der Waals surface area (Å²) in [4.78, 5) is -0.148. The van der Waals surface area contributed by atoms with Crippen molar-refractivity contribution in [2.45, 2.75) is 23.1 Å². The molecule has 0 amide bonds. The van der Waals surface area contributed by atoms with Crippen LogP contribution in [0.15, 0.2) is 70.5 Å². The van der Waals surface area contributed by atoms with Gasteiger partial charge < -0.3 is 15.3 Å². The molecule has 0 aliphatic heterocycles. The summed E-state index contributed by atoms with van der Waals surface area (Å²) in [6.45, 7) is 1.35. The maximum absolute atomic E-state index is 10.4. The first-order valence-electron chi connectivity index (χ1n) is 8.33. The Morgan fingerprint density at radius 2 is 0.931 bits per heavy atom. The van der Waals surface area contributed by atoms with Gasteiger partial charge in [0.15, 0.2) is 0 Å². The zero-order chi connectivity index (χ0) is 22.6. The van der Waals surface area contributed by atoms with Crippen molar-refractivity contribution in [2.75, 3.05) is 19.8 Å². The van der Waals surface area contributed by atoms with E-state index in [0.717, 1.165) is 0 Å². The lowest BCUT2D eigenvalue weighted by molar-refractivity contribution is 0.00304. The van der Waals surface area contributed by atoms with Crippen LogP contribution in [0.4, 0.5) is 0 Å².